The monoisotopic (exact) mass is 256 g/mol. The molecule has 2 nitrogen and oxygen atoms in total. The first-order chi connectivity index (χ1) is 6.63. The van der Waals surface area contributed by atoms with E-state index in [0.29, 0.717) is 6.42 Å². The van der Waals surface area contributed by atoms with Crippen LogP contribution in [0.15, 0.2) is 22.7 Å². The quantitative estimate of drug-likeness (QED) is 0.778. The third-order valence-corrected chi connectivity index (χ3v) is 2.62. The number of benzene rings is 1. The highest BCUT2D eigenvalue weighted by Crippen LogP contribution is 2.17. The first-order valence-electron chi connectivity index (χ1n) is 4.45. The lowest BCUT2D eigenvalue weighted by molar-refractivity contribution is -0.140. The number of hydrogen-bond donors (Lipinski definition) is 0. The van der Waals surface area contributed by atoms with Crippen molar-refractivity contribution in [3.63, 3.8) is 0 Å². The van der Waals surface area contributed by atoms with Crippen molar-refractivity contribution in [3.05, 3.63) is 33.8 Å². The van der Waals surface area contributed by atoms with E-state index in [4.69, 9.17) is 0 Å². The SMILES string of the molecule is COC(=O)CCc1ccc(Br)cc1C. The van der Waals surface area contributed by atoms with Gasteiger partial charge < -0.3 is 4.74 Å². The standard InChI is InChI=1S/C11H13BrO2/c1-8-7-10(12)5-3-9(8)4-6-11(13)14-2/h3,5,7H,4,6H2,1-2H3. The van der Waals surface area contributed by atoms with Crippen molar-refractivity contribution in [2.75, 3.05) is 7.11 Å². The van der Waals surface area contributed by atoms with E-state index in [1.165, 1.54) is 18.2 Å². The normalized spacial score (nSPS) is 9.93. The molecule has 0 saturated carbocycles. The molecule has 1 aromatic carbocycles. The molecule has 1 aromatic rings. The van der Waals surface area contributed by atoms with E-state index < -0.39 is 0 Å². The van der Waals surface area contributed by atoms with E-state index in [1.54, 1.807) is 0 Å². The van der Waals surface area contributed by atoms with Crippen molar-refractivity contribution in [1.82, 2.24) is 0 Å². The summed E-state index contributed by atoms with van der Waals surface area (Å²) in [5.41, 5.74) is 2.39. The van der Waals surface area contributed by atoms with Gasteiger partial charge in [-0.15, -0.1) is 0 Å². The summed E-state index contributed by atoms with van der Waals surface area (Å²) in [6.45, 7) is 2.04. The number of aryl methyl sites for hydroxylation is 2. The lowest BCUT2D eigenvalue weighted by Gasteiger charge is -2.05. The van der Waals surface area contributed by atoms with Gasteiger partial charge in [-0.3, -0.25) is 4.79 Å². The molecule has 0 fully saturated rings. The fourth-order valence-electron chi connectivity index (χ4n) is 1.28. The Labute approximate surface area is 92.4 Å². The predicted molar refractivity (Wildman–Crippen MR) is 59.2 cm³/mol. The molecule has 0 heterocycles. The highest BCUT2D eigenvalue weighted by Gasteiger charge is 2.03. The van der Waals surface area contributed by atoms with E-state index in [2.05, 4.69) is 20.7 Å². The maximum atomic E-state index is 10.9. The van der Waals surface area contributed by atoms with Gasteiger partial charge in [-0.25, -0.2) is 0 Å². The summed E-state index contributed by atoms with van der Waals surface area (Å²) in [6, 6.07) is 6.06. The lowest BCUT2D eigenvalue weighted by Crippen LogP contribution is -2.02. The molecule has 76 valence electrons. The van der Waals surface area contributed by atoms with E-state index >= 15 is 0 Å². The van der Waals surface area contributed by atoms with Crippen LogP contribution in [0.3, 0.4) is 0 Å². The van der Waals surface area contributed by atoms with Crippen molar-refractivity contribution in [2.24, 2.45) is 0 Å². The molecule has 0 N–H and O–H groups in total. The molecule has 0 amide bonds. The van der Waals surface area contributed by atoms with Gasteiger partial charge in [0.1, 0.15) is 0 Å². The van der Waals surface area contributed by atoms with Gasteiger partial charge in [0.05, 0.1) is 7.11 Å². The first-order valence-corrected chi connectivity index (χ1v) is 5.24. The zero-order valence-corrected chi connectivity index (χ0v) is 9.93. The molecular weight excluding hydrogens is 244 g/mol. The molecule has 0 aliphatic carbocycles. The summed E-state index contributed by atoms with van der Waals surface area (Å²) in [6.07, 6.45) is 1.19. The number of rotatable bonds is 3. The Morgan fingerprint density at radius 1 is 1.50 bits per heavy atom. The largest absolute Gasteiger partial charge is 0.469 e. The smallest absolute Gasteiger partial charge is 0.305 e. The number of carbonyl (C=O) groups is 1. The van der Waals surface area contributed by atoms with E-state index in [1.807, 2.05) is 25.1 Å². The second-order valence-corrected chi connectivity index (χ2v) is 4.06. The van der Waals surface area contributed by atoms with Crippen LogP contribution in [0.5, 0.6) is 0 Å². The van der Waals surface area contributed by atoms with Gasteiger partial charge in [0.25, 0.3) is 0 Å². The topological polar surface area (TPSA) is 26.3 Å². The van der Waals surface area contributed by atoms with E-state index in [9.17, 15) is 4.79 Å². The maximum absolute atomic E-state index is 10.9. The number of carbonyl (C=O) groups excluding carboxylic acids is 1. The maximum Gasteiger partial charge on any atom is 0.305 e. The molecule has 14 heavy (non-hydrogen) atoms. The second-order valence-electron chi connectivity index (χ2n) is 3.15. The Kier molecular flexibility index (Phi) is 4.14. The number of methoxy groups -OCH3 is 1. The Balaban J connectivity index is 2.63. The Morgan fingerprint density at radius 2 is 2.21 bits per heavy atom. The minimum absolute atomic E-state index is 0.160. The number of ether oxygens (including phenoxy) is 1. The molecule has 0 unspecified atom stereocenters. The van der Waals surface area contributed by atoms with E-state index in [-0.39, 0.29) is 5.97 Å². The number of hydrogen-bond acceptors (Lipinski definition) is 2. The van der Waals surface area contributed by atoms with Crippen molar-refractivity contribution in [1.29, 1.82) is 0 Å². The van der Waals surface area contributed by atoms with Crippen LogP contribution < -0.4 is 0 Å². The van der Waals surface area contributed by atoms with Crippen LogP contribution in [0.4, 0.5) is 0 Å². The Bertz CT molecular complexity index is 334. The van der Waals surface area contributed by atoms with Gasteiger partial charge in [-0.05, 0) is 36.6 Å². The molecule has 0 saturated heterocycles. The van der Waals surface area contributed by atoms with Crippen LogP contribution in [0, 0.1) is 6.92 Å². The van der Waals surface area contributed by atoms with Crippen LogP contribution in [0.2, 0.25) is 0 Å². The average Bonchev–Trinajstić information content (AvgIpc) is 2.16. The third kappa shape index (κ3) is 3.14. The molecule has 1 rings (SSSR count). The van der Waals surface area contributed by atoms with Crippen molar-refractivity contribution in [3.8, 4) is 0 Å². The van der Waals surface area contributed by atoms with Gasteiger partial charge in [0, 0.05) is 10.9 Å². The second kappa shape index (κ2) is 5.15. The minimum Gasteiger partial charge on any atom is -0.469 e. The molecule has 0 bridgehead atoms. The predicted octanol–water partition coefficient (Wildman–Crippen LogP) is 2.86. The summed E-state index contributed by atoms with van der Waals surface area (Å²) in [4.78, 5) is 10.9. The summed E-state index contributed by atoms with van der Waals surface area (Å²) in [5, 5.41) is 0. The van der Waals surface area contributed by atoms with Crippen LogP contribution in [0.1, 0.15) is 17.5 Å². The van der Waals surface area contributed by atoms with Crippen molar-refractivity contribution in [2.45, 2.75) is 19.8 Å². The highest BCUT2D eigenvalue weighted by atomic mass is 79.9. The molecule has 3 heteroatoms. The summed E-state index contributed by atoms with van der Waals surface area (Å²) in [7, 11) is 1.41. The van der Waals surface area contributed by atoms with Crippen LogP contribution in [-0.2, 0) is 16.0 Å². The fourth-order valence-corrected chi connectivity index (χ4v) is 1.75. The highest BCUT2D eigenvalue weighted by molar-refractivity contribution is 9.10. The number of esters is 1. The molecular formula is C11H13BrO2. The zero-order valence-electron chi connectivity index (χ0n) is 8.34. The third-order valence-electron chi connectivity index (χ3n) is 2.13. The molecule has 0 spiro atoms. The average molecular weight is 257 g/mol. The van der Waals surface area contributed by atoms with E-state index in [0.717, 1.165) is 10.9 Å². The number of halogens is 1. The summed E-state index contributed by atoms with van der Waals surface area (Å²) < 4.78 is 5.65. The zero-order chi connectivity index (χ0) is 10.6. The molecule has 0 atom stereocenters. The van der Waals surface area contributed by atoms with Gasteiger partial charge in [-0.1, -0.05) is 22.0 Å². The molecule has 0 aliphatic heterocycles. The lowest BCUT2D eigenvalue weighted by atomic mass is 10.0. The first kappa shape index (κ1) is 11.2. The van der Waals surface area contributed by atoms with Gasteiger partial charge in [0.15, 0.2) is 0 Å². The van der Waals surface area contributed by atoms with Gasteiger partial charge in [-0.2, -0.15) is 0 Å². The summed E-state index contributed by atoms with van der Waals surface area (Å²) >= 11 is 3.40. The van der Waals surface area contributed by atoms with Crippen molar-refractivity contribution < 1.29 is 9.53 Å². The molecule has 0 radical (unpaired) electrons. The van der Waals surface area contributed by atoms with Crippen molar-refractivity contribution >= 4 is 21.9 Å². The van der Waals surface area contributed by atoms with Gasteiger partial charge in [0.2, 0.25) is 0 Å². The molecule has 0 aliphatic rings. The van der Waals surface area contributed by atoms with Crippen LogP contribution in [0.25, 0.3) is 0 Å². The Hall–Kier alpha value is -0.830. The summed E-state index contributed by atoms with van der Waals surface area (Å²) in [5.74, 6) is -0.160. The van der Waals surface area contributed by atoms with Crippen LogP contribution >= 0.6 is 15.9 Å². The van der Waals surface area contributed by atoms with Crippen LogP contribution in [-0.4, -0.2) is 13.1 Å². The Morgan fingerprint density at radius 3 is 2.79 bits per heavy atom. The molecule has 0 aromatic heterocycles. The minimum atomic E-state index is -0.160. The fraction of sp³-hybridized carbons (Fsp3) is 0.364. The van der Waals surface area contributed by atoms with Gasteiger partial charge >= 0.3 is 5.97 Å².